The van der Waals surface area contributed by atoms with E-state index in [4.69, 9.17) is 21.6 Å². The minimum Gasteiger partial charge on any atom is -0.436 e. The molecule has 100 valence electrons. The van der Waals surface area contributed by atoms with E-state index in [1.165, 1.54) is 30.5 Å². The fraction of sp³-hybridized carbons (Fsp3) is 0. The number of pyridine rings is 1. The molecule has 2 rings (SSSR count). The Kier molecular flexibility index (Phi) is 4.17. The van der Waals surface area contributed by atoms with Crippen LogP contribution in [0.1, 0.15) is 5.56 Å². The van der Waals surface area contributed by atoms with Crippen molar-refractivity contribution in [3.05, 3.63) is 55.6 Å². The topological polar surface area (TPSA) is 89.0 Å². The van der Waals surface area contributed by atoms with E-state index in [1.54, 1.807) is 0 Å². The highest BCUT2D eigenvalue weighted by atomic mass is 79.9. The van der Waals surface area contributed by atoms with Crippen LogP contribution in [-0.4, -0.2) is 9.91 Å². The van der Waals surface area contributed by atoms with Gasteiger partial charge in [0.15, 0.2) is 5.75 Å². The summed E-state index contributed by atoms with van der Waals surface area (Å²) >= 11 is 9.05. The zero-order valence-corrected chi connectivity index (χ0v) is 12.1. The van der Waals surface area contributed by atoms with E-state index in [2.05, 4.69) is 20.9 Å². The Hall–Kier alpha value is -2.17. The van der Waals surface area contributed by atoms with Crippen LogP contribution in [0.5, 0.6) is 11.6 Å². The van der Waals surface area contributed by atoms with Gasteiger partial charge >= 0.3 is 0 Å². The third kappa shape index (κ3) is 2.71. The molecule has 0 radical (unpaired) electrons. The van der Waals surface area contributed by atoms with Crippen LogP contribution in [0, 0.1) is 21.4 Å². The normalized spacial score (nSPS) is 9.85. The van der Waals surface area contributed by atoms with Crippen molar-refractivity contribution in [1.82, 2.24) is 4.98 Å². The molecule has 0 aliphatic rings. The maximum atomic E-state index is 10.8. The Morgan fingerprint density at radius 1 is 1.45 bits per heavy atom. The summed E-state index contributed by atoms with van der Waals surface area (Å²) < 4.78 is 5.60. The van der Waals surface area contributed by atoms with Gasteiger partial charge in [0.25, 0.3) is 5.69 Å². The van der Waals surface area contributed by atoms with Crippen molar-refractivity contribution in [3.8, 4) is 17.7 Å². The molecule has 1 aromatic carbocycles. The summed E-state index contributed by atoms with van der Waals surface area (Å²) in [4.78, 5) is 14.2. The van der Waals surface area contributed by atoms with Gasteiger partial charge in [0.2, 0.25) is 5.88 Å². The SMILES string of the molecule is N#Cc1ccnc(Oc2cccc([N+](=O)[O-])c2Br)c1Cl. The van der Waals surface area contributed by atoms with Crippen molar-refractivity contribution >= 4 is 33.2 Å². The predicted molar refractivity (Wildman–Crippen MR) is 74.8 cm³/mol. The molecule has 8 heteroatoms. The van der Waals surface area contributed by atoms with E-state index >= 15 is 0 Å². The summed E-state index contributed by atoms with van der Waals surface area (Å²) in [6.07, 6.45) is 1.37. The first kappa shape index (κ1) is 14.2. The lowest BCUT2D eigenvalue weighted by Gasteiger charge is -2.08. The van der Waals surface area contributed by atoms with E-state index in [1.807, 2.05) is 6.07 Å². The van der Waals surface area contributed by atoms with E-state index < -0.39 is 4.92 Å². The Bertz CT molecular complexity index is 730. The molecule has 1 aromatic heterocycles. The molecule has 0 fully saturated rings. The summed E-state index contributed by atoms with van der Waals surface area (Å²) in [5.74, 6) is 0.190. The largest absolute Gasteiger partial charge is 0.436 e. The number of halogens is 2. The number of benzene rings is 1. The fourth-order valence-electron chi connectivity index (χ4n) is 1.41. The lowest BCUT2D eigenvalue weighted by Crippen LogP contribution is -1.94. The molecule has 1 heterocycles. The average molecular weight is 355 g/mol. The molecule has 2 aromatic rings. The van der Waals surface area contributed by atoms with Gasteiger partial charge < -0.3 is 4.74 Å². The molecule has 0 bridgehead atoms. The molecule has 0 saturated carbocycles. The summed E-state index contributed by atoms with van der Waals surface area (Å²) in [5.41, 5.74) is 0.0632. The van der Waals surface area contributed by atoms with Gasteiger partial charge in [-0.05, 0) is 28.1 Å². The molecule has 0 N–H and O–H groups in total. The van der Waals surface area contributed by atoms with Crippen molar-refractivity contribution in [3.63, 3.8) is 0 Å². The molecule has 0 aliphatic carbocycles. The molecule has 6 nitrogen and oxygen atoms in total. The highest BCUT2D eigenvalue weighted by Gasteiger charge is 2.18. The van der Waals surface area contributed by atoms with Crippen molar-refractivity contribution in [2.75, 3.05) is 0 Å². The number of rotatable bonds is 3. The molecular formula is C12H5BrClN3O3. The van der Waals surface area contributed by atoms with Crippen molar-refractivity contribution in [2.45, 2.75) is 0 Å². The van der Waals surface area contributed by atoms with Gasteiger partial charge in [-0.1, -0.05) is 17.7 Å². The Morgan fingerprint density at radius 2 is 2.20 bits per heavy atom. The maximum Gasteiger partial charge on any atom is 0.287 e. The smallest absolute Gasteiger partial charge is 0.287 e. The summed E-state index contributed by atoms with van der Waals surface area (Å²) in [6, 6.07) is 7.66. The van der Waals surface area contributed by atoms with Crippen molar-refractivity contribution in [2.24, 2.45) is 0 Å². The fourth-order valence-corrected chi connectivity index (χ4v) is 2.09. The van der Waals surface area contributed by atoms with Crippen LogP contribution in [0.2, 0.25) is 5.02 Å². The van der Waals surface area contributed by atoms with Crippen molar-refractivity contribution < 1.29 is 9.66 Å². The van der Waals surface area contributed by atoms with Crippen LogP contribution in [0.15, 0.2) is 34.9 Å². The third-order valence-corrected chi connectivity index (χ3v) is 3.49. The van der Waals surface area contributed by atoms with Crippen LogP contribution < -0.4 is 4.74 Å². The van der Waals surface area contributed by atoms with Crippen LogP contribution >= 0.6 is 27.5 Å². The zero-order chi connectivity index (χ0) is 14.7. The van der Waals surface area contributed by atoms with Crippen LogP contribution in [0.4, 0.5) is 5.69 Å². The molecule has 0 atom stereocenters. The Morgan fingerprint density at radius 3 is 2.85 bits per heavy atom. The standard InChI is InChI=1S/C12H5BrClN3O3/c13-10-8(17(18)19)2-1-3-9(10)20-12-11(14)7(6-15)4-5-16-12/h1-5H. The summed E-state index contributed by atoms with van der Waals surface area (Å²) in [6.45, 7) is 0. The first-order valence-corrected chi connectivity index (χ1v) is 6.37. The third-order valence-electron chi connectivity index (χ3n) is 2.32. The van der Waals surface area contributed by atoms with E-state index in [0.29, 0.717) is 0 Å². The molecule has 0 amide bonds. The number of nitrogens with zero attached hydrogens (tertiary/aromatic N) is 3. The van der Waals surface area contributed by atoms with Gasteiger partial charge in [0.1, 0.15) is 15.6 Å². The highest BCUT2D eigenvalue weighted by molar-refractivity contribution is 9.10. The number of hydrogen-bond acceptors (Lipinski definition) is 5. The zero-order valence-electron chi connectivity index (χ0n) is 9.71. The van der Waals surface area contributed by atoms with Gasteiger partial charge in [-0.15, -0.1) is 0 Å². The molecule has 20 heavy (non-hydrogen) atoms. The minimum absolute atomic E-state index is 0.00640. The molecule has 0 aliphatic heterocycles. The minimum atomic E-state index is -0.544. The number of nitro groups is 1. The number of nitro benzene ring substituents is 1. The van der Waals surface area contributed by atoms with E-state index in [0.717, 1.165) is 0 Å². The molecule has 0 spiro atoms. The Balaban J connectivity index is 2.44. The number of ether oxygens (including phenoxy) is 1. The van der Waals surface area contributed by atoms with Crippen molar-refractivity contribution in [1.29, 1.82) is 5.26 Å². The first-order chi connectivity index (χ1) is 9.54. The number of nitriles is 1. The molecule has 0 saturated heterocycles. The number of aromatic nitrogens is 1. The lowest BCUT2D eigenvalue weighted by atomic mass is 10.3. The molecular weight excluding hydrogens is 350 g/mol. The average Bonchev–Trinajstić information content (AvgIpc) is 2.43. The number of hydrogen-bond donors (Lipinski definition) is 0. The van der Waals surface area contributed by atoms with Gasteiger partial charge in [-0.3, -0.25) is 10.1 Å². The van der Waals surface area contributed by atoms with E-state index in [9.17, 15) is 10.1 Å². The maximum absolute atomic E-state index is 10.8. The van der Waals surface area contributed by atoms with Gasteiger partial charge in [-0.2, -0.15) is 5.26 Å². The molecule has 0 unspecified atom stereocenters. The quantitative estimate of drug-likeness (QED) is 0.612. The van der Waals surface area contributed by atoms with Gasteiger partial charge in [0.05, 0.1) is 10.5 Å². The van der Waals surface area contributed by atoms with Gasteiger partial charge in [-0.25, -0.2) is 4.98 Å². The van der Waals surface area contributed by atoms with Crippen LogP contribution in [0.25, 0.3) is 0 Å². The second-order valence-electron chi connectivity index (χ2n) is 3.54. The van der Waals surface area contributed by atoms with Crippen LogP contribution in [0.3, 0.4) is 0 Å². The highest BCUT2D eigenvalue weighted by Crippen LogP contribution is 2.38. The predicted octanol–water partition coefficient (Wildman–Crippen LogP) is 4.07. The van der Waals surface area contributed by atoms with Crippen LogP contribution in [-0.2, 0) is 0 Å². The van der Waals surface area contributed by atoms with Gasteiger partial charge in [0, 0.05) is 12.3 Å². The first-order valence-electron chi connectivity index (χ1n) is 5.20. The van der Waals surface area contributed by atoms with E-state index in [-0.39, 0.29) is 32.4 Å². The second-order valence-corrected chi connectivity index (χ2v) is 4.71. The summed E-state index contributed by atoms with van der Waals surface area (Å²) in [7, 11) is 0. The second kappa shape index (κ2) is 5.86. The summed E-state index contributed by atoms with van der Waals surface area (Å²) in [5, 5.41) is 19.7. The monoisotopic (exact) mass is 353 g/mol. The lowest BCUT2D eigenvalue weighted by molar-refractivity contribution is -0.385. The Labute approximate surface area is 126 Å².